The summed E-state index contributed by atoms with van der Waals surface area (Å²) in [5, 5.41) is -0.599. The van der Waals surface area contributed by atoms with Crippen LogP contribution >= 0.6 is 35.3 Å². The second kappa shape index (κ2) is 29.0. The van der Waals surface area contributed by atoms with E-state index in [1.807, 2.05) is 64.2 Å². The number of benzene rings is 2. The molecule has 0 heterocycles. The molecule has 0 amide bonds. The van der Waals surface area contributed by atoms with Crippen molar-refractivity contribution in [2.45, 2.75) is 0 Å². The molecule has 0 saturated heterocycles. The van der Waals surface area contributed by atoms with E-state index in [1.54, 1.807) is 60.7 Å². The molecule has 0 aromatic heterocycles. The Morgan fingerprint density at radius 1 is 0.652 bits per heavy atom. The largest absolute Gasteiger partial charge is 0.813 e. The first-order valence-electron chi connectivity index (χ1n) is 12.4. The summed E-state index contributed by atoms with van der Waals surface area (Å²) in [4.78, 5) is 48.9. The molecular formula is C33H28Mo2O6S5-4. The zero-order valence-electron chi connectivity index (χ0n) is 24.5. The molecule has 0 spiro atoms. The average Bonchev–Trinajstić information content (AvgIpc) is 3.83. The van der Waals surface area contributed by atoms with Gasteiger partial charge in [0.15, 0.2) is 0 Å². The number of thioether (sulfide) groups is 3. The van der Waals surface area contributed by atoms with Gasteiger partial charge in [0.25, 0.3) is 0 Å². The van der Waals surface area contributed by atoms with E-state index in [1.165, 1.54) is 5.75 Å². The van der Waals surface area contributed by atoms with Crippen LogP contribution in [0.5, 0.6) is 0 Å². The van der Waals surface area contributed by atoms with Crippen LogP contribution in [0, 0.1) is 76.0 Å². The van der Waals surface area contributed by atoms with E-state index >= 15 is 0 Å². The van der Waals surface area contributed by atoms with Crippen molar-refractivity contribution in [2.75, 3.05) is 14.2 Å². The fourth-order valence-electron chi connectivity index (χ4n) is 2.74. The molecule has 0 aliphatic heterocycles. The summed E-state index contributed by atoms with van der Waals surface area (Å²) in [6, 6.07) is 17.1. The van der Waals surface area contributed by atoms with Gasteiger partial charge in [0.05, 0.1) is 20.2 Å². The van der Waals surface area contributed by atoms with Crippen molar-refractivity contribution < 1.29 is 70.8 Å². The van der Waals surface area contributed by atoms with Crippen LogP contribution in [0.2, 0.25) is 0 Å². The van der Waals surface area contributed by atoms with E-state index in [9.17, 15) is 19.2 Å². The molecular weight excluding hydrogens is 845 g/mol. The van der Waals surface area contributed by atoms with Crippen molar-refractivity contribution in [1.29, 1.82) is 0 Å². The third-order valence-corrected chi connectivity index (χ3v) is 8.68. The number of thiol groups is 1. The smallest absolute Gasteiger partial charge is 0.224 e. The van der Waals surface area contributed by atoms with Crippen LogP contribution in [0.4, 0.5) is 0 Å². The standard InChI is InChI=1S/C23H18O6S4.2C5H5.2Mo.H2S/c1-28-18(24)13-17(19(25)29-2)14-31-23(33-21(27)16-11-7-4-8-12-16)22(30)32-20(26)15-9-5-3-6-10-15;2*1-2-4-5-3-1;;;/h3-12,14,30H,1-2H3;2*1-5H;;;1H2/q-2;;;;;/p-2/b23-22-;;;;;. The number of hydrogen-bond donors (Lipinski definition) is 0. The quantitative estimate of drug-likeness (QED) is 0.0688. The molecule has 0 bridgehead atoms. The Balaban J connectivity index is 0. The van der Waals surface area contributed by atoms with Gasteiger partial charge in [0.1, 0.15) is 0 Å². The Hall–Kier alpha value is -0.933. The number of rotatable bonds is 9. The van der Waals surface area contributed by atoms with Gasteiger partial charge in [-0.25, -0.2) is 17.5 Å². The van der Waals surface area contributed by atoms with Crippen LogP contribution in [0.25, 0.3) is 0 Å². The molecule has 2 aliphatic rings. The fourth-order valence-corrected chi connectivity index (χ4v) is 5.81. The number of ether oxygens (including phenoxy) is 2. The predicted molar refractivity (Wildman–Crippen MR) is 186 cm³/mol. The molecule has 2 aromatic carbocycles. The molecule has 2 saturated carbocycles. The molecule has 242 valence electrons. The van der Waals surface area contributed by atoms with E-state index in [-0.39, 0.29) is 79.9 Å². The molecule has 6 nitrogen and oxygen atoms in total. The molecule has 2 aromatic rings. The van der Waals surface area contributed by atoms with Crippen LogP contribution in [-0.2, 0) is 87.3 Å². The second-order valence-corrected chi connectivity index (χ2v) is 11.5. The molecule has 2 fully saturated rings. The molecule has 0 N–H and O–H groups in total. The van der Waals surface area contributed by atoms with Crippen LogP contribution < -0.4 is 0 Å². The van der Waals surface area contributed by atoms with E-state index in [0.717, 1.165) is 49.5 Å². The van der Waals surface area contributed by atoms with Gasteiger partial charge in [-0.1, -0.05) is 72.4 Å². The van der Waals surface area contributed by atoms with Gasteiger partial charge in [-0.3, -0.25) is 26.0 Å². The van der Waals surface area contributed by atoms with Gasteiger partial charge in [-0.05, 0) is 76.0 Å². The molecule has 2 aliphatic carbocycles. The SMILES string of the molecule is COC(=O)[C-]=C([CH-]S/C(SC(=O)c1ccccc1)=C(\[S-])SC(=O)c1ccccc1)C(=O)OC.[CH]1[CH][CH][CH][CH]1.[CH]1[CH][CH][CH][CH]1.[Mo].[Mo].[SH-]. The maximum atomic E-state index is 12.7. The van der Waals surface area contributed by atoms with Crippen molar-refractivity contribution in [1.82, 2.24) is 0 Å². The second-order valence-electron chi connectivity index (χ2n) is 7.77. The van der Waals surface area contributed by atoms with Crippen LogP contribution in [0.15, 0.2) is 74.7 Å². The molecule has 10 radical (unpaired) electrons. The monoisotopic (exact) mass is 876 g/mol. The summed E-state index contributed by atoms with van der Waals surface area (Å²) < 4.78 is 9.58. The first kappa shape index (κ1) is 47.2. The Bertz CT molecular complexity index is 1210. The third-order valence-electron chi connectivity index (χ3n) is 4.78. The Kier molecular flexibility index (Phi) is 29.8. The minimum Gasteiger partial charge on any atom is -0.813 e. The van der Waals surface area contributed by atoms with Gasteiger partial charge in [-0.15, -0.1) is 4.24 Å². The zero-order chi connectivity index (χ0) is 31.3. The normalized spacial score (nSPS) is 13.7. The van der Waals surface area contributed by atoms with E-state index in [4.69, 9.17) is 12.6 Å². The van der Waals surface area contributed by atoms with Crippen molar-refractivity contribution in [2.24, 2.45) is 0 Å². The van der Waals surface area contributed by atoms with Gasteiger partial charge in [0, 0.05) is 57.5 Å². The number of esters is 2. The fraction of sp³-hybridized carbons (Fsp3) is 0.0606. The van der Waals surface area contributed by atoms with Gasteiger partial charge >= 0.3 is 0 Å². The molecule has 46 heavy (non-hydrogen) atoms. The maximum Gasteiger partial charge on any atom is 0.224 e. The summed E-state index contributed by atoms with van der Waals surface area (Å²) in [6.45, 7) is 0. The number of carbonyl (C=O) groups is 4. The van der Waals surface area contributed by atoms with Gasteiger partial charge in [0.2, 0.25) is 16.2 Å². The number of hydrogen-bond acceptors (Lipinski definition) is 11. The number of methoxy groups -OCH3 is 2. The number of carbonyl (C=O) groups excluding carboxylic acids is 4. The van der Waals surface area contributed by atoms with E-state index < -0.39 is 11.9 Å². The van der Waals surface area contributed by atoms with Crippen LogP contribution in [-0.4, -0.2) is 36.4 Å². The third kappa shape index (κ3) is 19.8. The zero-order valence-corrected chi connectivity index (χ0v) is 32.6. The first-order valence-corrected chi connectivity index (χ1v) is 15.4. The maximum absolute atomic E-state index is 12.7. The van der Waals surface area contributed by atoms with Crippen molar-refractivity contribution in [3.05, 3.63) is 162 Å². The van der Waals surface area contributed by atoms with Gasteiger partial charge < -0.3 is 40.4 Å². The molecule has 0 atom stereocenters. The molecule has 13 heteroatoms. The molecule has 4 rings (SSSR count). The first-order chi connectivity index (χ1) is 20.8. The van der Waals surface area contributed by atoms with Gasteiger partial charge in [-0.2, -0.15) is 0 Å². The minimum atomic E-state index is -0.877. The summed E-state index contributed by atoms with van der Waals surface area (Å²) in [7, 11) is 2.29. The Morgan fingerprint density at radius 2 is 1.04 bits per heavy atom. The van der Waals surface area contributed by atoms with Crippen molar-refractivity contribution in [3.8, 4) is 0 Å². The summed E-state index contributed by atoms with van der Waals surface area (Å²) in [6.07, 6.45) is 22.2. The van der Waals surface area contributed by atoms with Crippen LogP contribution in [0.3, 0.4) is 0 Å². The Morgan fingerprint density at radius 3 is 1.41 bits per heavy atom. The topological polar surface area (TPSA) is 86.7 Å². The van der Waals surface area contributed by atoms with Crippen LogP contribution in [0.1, 0.15) is 20.7 Å². The predicted octanol–water partition coefficient (Wildman–Crippen LogP) is 6.55. The summed E-state index contributed by atoms with van der Waals surface area (Å²) in [5.74, 6) is -0.438. The summed E-state index contributed by atoms with van der Waals surface area (Å²) >= 11 is 7.94. The molecule has 0 unspecified atom stereocenters. The van der Waals surface area contributed by atoms with E-state index in [2.05, 4.69) is 15.5 Å². The average molecular weight is 873 g/mol. The van der Waals surface area contributed by atoms with Crippen molar-refractivity contribution >= 4 is 83.6 Å². The Labute approximate surface area is 327 Å². The van der Waals surface area contributed by atoms with E-state index in [0.29, 0.717) is 11.1 Å². The summed E-state index contributed by atoms with van der Waals surface area (Å²) in [5.41, 5.74) is 0.668. The van der Waals surface area contributed by atoms with Crippen molar-refractivity contribution in [3.63, 3.8) is 0 Å². The minimum absolute atomic E-state index is 0.